The Balaban J connectivity index is 0. The Labute approximate surface area is 174 Å². The molecule has 0 saturated carbocycles. The third kappa shape index (κ3) is 3.85. The van der Waals surface area contributed by atoms with Crippen molar-refractivity contribution in [2.45, 2.75) is 47.0 Å². The number of hydrogen-bond donors (Lipinski definition) is 1. The molecule has 0 heterocycles. The summed E-state index contributed by atoms with van der Waals surface area (Å²) in [5, 5.41) is -7.84. The van der Waals surface area contributed by atoms with E-state index in [0.29, 0.717) is 0 Å². The largest absolute Gasteiger partial charge is 0.460 e. The molecular formula is C8HF17NaO3S. The van der Waals surface area contributed by atoms with E-state index in [0.717, 1.165) is 0 Å². The Morgan fingerprint density at radius 1 is 0.433 bits per heavy atom. The molecule has 1 radical (unpaired) electrons. The summed E-state index contributed by atoms with van der Waals surface area (Å²) < 4.78 is 242. The van der Waals surface area contributed by atoms with Crippen LogP contribution in [0.5, 0.6) is 0 Å². The molecule has 0 aromatic rings. The maximum atomic E-state index is 13.0. The molecular weight excluding hydrogens is 522 g/mol. The molecule has 0 bridgehead atoms. The maximum absolute atomic E-state index is 13.0. The number of rotatable bonds is 7. The first-order chi connectivity index (χ1) is 12.0. The molecule has 0 aromatic heterocycles. The van der Waals surface area contributed by atoms with Crippen LogP contribution < -0.4 is 0 Å². The molecule has 30 heavy (non-hydrogen) atoms. The minimum absolute atomic E-state index is 0. The van der Waals surface area contributed by atoms with Gasteiger partial charge < -0.3 is 0 Å². The minimum atomic E-state index is -8.89. The monoisotopic (exact) mass is 523 g/mol. The van der Waals surface area contributed by atoms with Crippen LogP contribution in [-0.4, -0.2) is 89.5 Å². The molecule has 0 spiro atoms. The van der Waals surface area contributed by atoms with E-state index in [9.17, 15) is 83.1 Å². The van der Waals surface area contributed by atoms with Crippen molar-refractivity contribution in [3.05, 3.63) is 0 Å². The second-order valence-electron chi connectivity index (χ2n) is 4.94. The zero-order valence-corrected chi connectivity index (χ0v) is 15.9. The summed E-state index contributed by atoms with van der Waals surface area (Å²) in [5.74, 6) is -52.0. The van der Waals surface area contributed by atoms with Crippen LogP contribution in [0.25, 0.3) is 0 Å². The van der Waals surface area contributed by atoms with E-state index in [1.165, 1.54) is 0 Å². The molecule has 0 aliphatic carbocycles. The summed E-state index contributed by atoms with van der Waals surface area (Å²) in [7, 11) is -7.89. The SMILES string of the molecule is O=S(=O)(O)C(F)(F)C(F)(F)C(F)(F)C(F)(F)C(F)(F)C(F)(F)C(F)(F)C(F)(F)F.[Na]. The fraction of sp³-hybridized carbons (Fsp3) is 1.00. The van der Waals surface area contributed by atoms with Crippen molar-refractivity contribution in [2.75, 3.05) is 0 Å². The van der Waals surface area contributed by atoms with Gasteiger partial charge in [0.15, 0.2) is 0 Å². The molecule has 1 N–H and O–H groups in total. The van der Waals surface area contributed by atoms with E-state index in [2.05, 4.69) is 0 Å². The van der Waals surface area contributed by atoms with Crippen molar-refractivity contribution < 1.29 is 87.6 Å². The van der Waals surface area contributed by atoms with Crippen LogP contribution in [0.3, 0.4) is 0 Å². The van der Waals surface area contributed by atoms with Crippen LogP contribution in [0.4, 0.5) is 74.6 Å². The Morgan fingerprint density at radius 3 is 0.833 bits per heavy atom. The maximum Gasteiger partial charge on any atom is 0.460 e. The van der Waals surface area contributed by atoms with Crippen LogP contribution in [0.15, 0.2) is 0 Å². The average molecular weight is 523 g/mol. The first kappa shape index (κ1) is 31.9. The normalized spacial score (nSPS) is 16.3. The van der Waals surface area contributed by atoms with Crippen molar-refractivity contribution in [3.63, 3.8) is 0 Å². The number of hydrogen-bond acceptors (Lipinski definition) is 2. The molecule has 0 saturated heterocycles. The van der Waals surface area contributed by atoms with Gasteiger partial charge in [0, 0.05) is 29.6 Å². The van der Waals surface area contributed by atoms with Gasteiger partial charge in [-0.25, -0.2) is 0 Å². The Bertz CT molecular complexity index is 739. The predicted molar refractivity (Wildman–Crippen MR) is 58.0 cm³/mol. The van der Waals surface area contributed by atoms with Gasteiger partial charge in [-0.1, -0.05) is 0 Å². The second kappa shape index (κ2) is 7.65. The van der Waals surface area contributed by atoms with Crippen molar-refractivity contribution in [2.24, 2.45) is 0 Å². The van der Waals surface area contributed by atoms with Gasteiger partial charge in [-0.3, -0.25) is 4.55 Å². The van der Waals surface area contributed by atoms with Gasteiger partial charge in [0.2, 0.25) is 0 Å². The standard InChI is InChI=1S/C8HF17O3S.Na/c9-1(10,3(13,14)5(17,18)7(21,22)23)2(11,12)4(15,16)6(19,20)8(24,25)29(26,27)28;/h(H,26,27,28);. The molecule has 0 aromatic carbocycles. The Hall–Kier alpha value is -0.280. The fourth-order valence-electron chi connectivity index (χ4n) is 1.31. The molecule has 0 unspecified atom stereocenters. The number of halogens is 17. The van der Waals surface area contributed by atoms with E-state index in [1.54, 1.807) is 0 Å². The molecule has 3 nitrogen and oxygen atoms in total. The summed E-state index contributed by atoms with van der Waals surface area (Å²) in [6.07, 6.45) is -7.88. The van der Waals surface area contributed by atoms with Gasteiger partial charge in [-0.15, -0.1) is 0 Å². The van der Waals surface area contributed by atoms with Gasteiger partial charge in [0.1, 0.15) is 0 Å². The van der Waals surface area contributed by atoms with E-state index in [1.807, 2.05) is 0 Å². The topological polar surface area (TPSA) is 54.4 Å². The van der Waals surface area contributed by atoms with Crippen molar-refractivity contribution >= 4 is 39.7 Å². The zero-order valence-electron chi connectivity index (χ0n) is 13.1. The number of alkyl halides is 17. The average Bonchev–Trinajstić information content (AvgIpc) is 2.43. The Morgan fingerprint density at radius 2 is 0.633 bits per heavy atom. The summed E-state index contributed by atoms with van der Waals surface area (Å²) in [5.41, 5.74) is 0. The van der Waals surface area contributed by atoms with Gasteiger partial charge in [-0.2, -0.15) is 83.1 Å². The molecule has 177 valence electrons. The smallest absolute Gasteiger partial charge is 0.281 e. The van der Waals surface area contributed by atoms with Crippen LogP contribution in [0.1, 0.15) is 0 Å². The van der Waals surface area contributed by atoms with Crippen LogP contribution in [0, 0.1) is 0 Å². The minimum Gasteiger partial charge on any atom is -0.281 e. The Kier molecular flexibility index (Phi) is 8.13. The summed E-state index contributed by atoms with van der Waals surface area (Å²) in [6.45, 7) is 0. The first-order valence-electron chi connectivity index (χ1n) is 5.68. The molecule has 0 aliphatic heterocycles. The third-order valence-corrected chi connectivity index (χ3v) is 3.92. The summed E-state index contributed by atoms with van der Waals surface area (Å²) in [4.78, 5) is 0. The van der Waals surface area contributed by atoms with Gasteiger partial charge in [-0.05, 0) is 0 Å². The second-order valence-corrected chi connectivity index (χ2v) is 6.40. The zero-order chi connectivity index (χ0) is 24.5. The van der Waals surface area contributed by atoms with E-state index in [-0.39, 0.29) is 29.6 Å². The molecule has 0 aliphatic rings. The molecule has 0 rings (SSSR count). The van der Waals surface area contributed by atoms with Gasteiger partial charge >= 0.3 is 57.1 Å². The quantitative estimate of drug-likeness (QED) is 0.305. The molecule has 0 fully saturated rings. The van der Waals surface area contributed by atoms with Crippen LogP contribution in [0.2, 0.25) is 0 Å². The molecule has 22 heteroatoms. The first-order valence-corrected chi connectivity index (χ1v) is 7.12. The third-order valence-electron chi connectivity index (χ3n) is 3.02. The van der Waals surface area contributed by atoms with Crippen molar-refractivity contribution in [1.82, 2.24) is 0 Å². The van der Waals surface area contributed by atoms with E-state index < -0.39 is 57.1 Å². The van der Waals surface area contributed by atoms with Crippen molar-refractivity contribution in [1.29, 1.82) is 0 Å². The van der Waals surface area contributed by atoms with Gasteiger partial charge in [0.05, 0.1) is 0 Å². The van der Waals surface area contributed by atoms with Gasteiger partial charge in [0.25, 0.3) is 0 Å². The predicted octanol–water partition coefficient (Wildman–Crippen LogP) is 4.46. The van der Waals surface area contributed by atoms with E-state index >= 15 is 0 Å². The van der Waals surface area contributed by atoms with Crippen LogP contribution in [-0.2, 0) is 10.1 Å². The van der Waals surface area contributed by atoms with Crippen LogP contribution >= 0.6 is 0 Å². The molecule has 0 amide bonds. The van der Waals surface area contributed by atoms with E-state index in [4.69, 9.17) is 4.55 Å². The van der Waals surface area contributed by atoms with Crippen molar-refractivity contribution in [3.8, 4) is 0 Å². The fourth-order valence-corrected chi connectivity index (χ4v) is 1.76. The summed E-state index contributed by atoms with van der Waals surface area (Å²) >= 11 is 0. The molecule has 0 atom stereocenters. The summed E-state index contributed by atoms with van der Waals surface area (Å²) in [6, 6.07) is 0.